The maximum atomic E-state index is 10.3. The van der Waals surface area contributed by atoms with Gasteiger partial charge in [-0.25, -0.2) is 0 Å². The lowest BCUT2D eigenvalue weighted by Crippen LogP contribution is -2.62. The van der Waals surface area contributed by atoms with Crippen LogP contribution in [-0.2, 0) is 23.7 Å². The van der Waals surface area contributed by atoms with Gasteiger partial charge in [0.15, 0.2) is 0 Å². The molecule has 4 bridgehead atoms. The van der Waals surface area contributed by atoms with Crippen molar-refractivity contribution in [2.45, 2.75) is 106 Å². The first-order chi connectivity index (χ1) is 19.1. The molecule has 2 heterocycles. The monoisotopic (exact) mass is 526 g/mol. The Labute approximate surface area is 234 Å². The lowest BCUT2D eigenvalue weighted by atomic mass is 9.52. The summed E-state index contributed by atoms with van der Waals surface area (Å²) in [5, 5.41) is 20.7. The molecule has 4 nitrogen and oxygen atoms in total. The third-order valence-electron chi connectivity index (χ3n) is 12.8. The summed E-state index contributed by atoms with van der Waals surface area (Å²) in [6, 6.07) is 13.9. The summed E-state index contributed by atoms with van der Waals surface area (Å²) >= 11 is 0. The van der Waals surface area contributed by atoms with E-state index in [0.717, 1.165) is 11.8 Å². The number of nitrogens with zero attached hydrogens (tertiary/aromatic N) is 2. The van der Waals surface area contributed by atoms with Gasteiger partial charge in [0.05, 0.1) is 0 Å². The van der Waals surface area contributed by atoms with Crippen LogP contribution in [0.25, 0.3) is 0 Å². The van der Waals surface area contributed by atoms with Crippen LogP contribution in [0.5, 0.6) is 11.5 Å². The van der Waals surface area contributed by atoms with Crippen LogP contribution in [0.1, 0.15) is 92.9 Å². The normalized spacial score (nSPS) is 37.3. The van der Waals surface area contributed by atoms with Crippen molar-refractivity contribution in [2.75, 3.05) is 26.2 Å². The molecule has 0 unspecified atom stereocenters. The summed E-state index contributed by atoms with van der Waals surface area (Å²) in [6.07, 6.45) is 17.0. The number of fused-ring (bicyclic) bond motifs is 2. The Morgan fingerprint density at radius 2 is 1.13 bits per heavy atom. The van der Waals surface area contributed by atoms with Crippen LogP contribution in [0, 0.1) is 11.8 Å². The zero-order valence-electron chi connectivity index (χ0n) is 23.6. The minimum absolute atomic E-state index is 0.312. The Balaban J connectivity index is 0.992. The molecule has 0 amide bonds. The molecule has 6 atom stereocenters. The molecule has 6 aliphatic rings. The molecule has 2 saturated carbocycles. The van der Waals surface area contributed by atoms with Gasteiger partial charge >= 0.3 is 0 Å². The molecule has 2 saturated heterocycles. The molecular weight excluding hydrogens is 480 g/mol. The number of likely N-dealkylation sites (tertiary alicyclic amines) is 2. The summed E-state index contributed by atoms with van der Waals surface area (Å²) in [7, 11) is 0. The number of hydrogen-bond donors (Lipinski definition) is 2. The van der Waals surface area contributed by atoms with Gasteiger partial charge in [0, 0.05) is 22.9 Å². The Hall–Kier alpha value is -2.04. The molecule has 4 fully saturated rings. The van der Waals surface area contributed by atoms with Gasteiger partial charge in [-0.1, -0.05) is 37.8 Å². The van der Waals surface area contributed by atoms with Gasteiger partial charge in [-0.05, 0) is 142 Å². The molecule has 4 aliphatic carbocycles. The Bertz CT molecular complexity index is 1160. The van der Waals surface area contributed by atoms with Crippen molar-refractivity contribution in [3.63, 3.8) is 0 Å². The van der Waals surface area contributed by atoms with Crippen LogP contribution in [0.15, 0.2) is 36.4 Å². The van der Waals surface area contributed by atoms with E-state index in [4.69, 9.17) is 0 Å². The minimum atomic E-state index is 0.312. The lowest BCUT2D eigenvalue weighted by Gasteiger charge is -2.60. The summed E-state index contributed by atoms with van der Waals surface area (Å²) in [4.78, 5) is 5.77. The second-order valence-corrected chi connectivity index (χ2v) is 14.2. The molecule has 2 aliphatic heterocycles. The first kappa shape index (κ1) is 24.7. The molecule has 2 aromatic rings. The van der Waals surface area contributed by atoms with E-state index in [1.54, 1.807) is 0 Å². The summed E-state index contributed by atoms with van der Waals surface area (Å²) in [5.74, 6) is 2.44. The van der Waals surface area contributed by atoms with Crippen molar-refractivity contribution in [1.82, 2.24) is 9.80 Å². The molecule has 0 radical (unpaired) electrons. The lowest BCUT2D eigenvalue weighted by molar-refractivity contribution is -0.0254. The Morgan fingerprint density at radius 1 is 0.641 bits per heavy atom. The molecule has 4 heteroatoms. The molecule has 8 rings (SSSR count). The number of benzene rings is 2. The maximum absolute atomic E-state index is 10.3. The van der Waals surface area contributed by atoms with E-state index >= 15 is 0 Å². The second-order valence-electron chi connectivity index (χ2n) is 14.2. The highest BCUT2D eigenvalue weighted by Crippen LogP contribution is 2.57. The van der Waals surface area contributed by atoms with Gasteiger partial charge in [-0.3, -0.25) is 9.80 Å². The fourth-order valence-electron chi connectivity index (χ4n) is 11.2. The first-order valence-electron chi connectivity index (χ1n) is 16.2. The quantitative estimate of drug-likeness (QED) is 0.491. The van der Waals surface area contributed by atoms with Crippen LogP contribution in [0.3, 0.4) is 0 Å². The number of piperidine rings is 2. The average molecular weight is 527 g/mol. The third kappa shape index (κ3) is 3.69. The van der Waals surface area contributed by atoms with E-state index in [9.17, 15) is 10.2 Å². The average Bonchev–Trinajstić information content (AvgIpc) is 2.96. The molecule has 208 valence electrons. The zero-order chi connectivity index (χ0) is 26.2. The smallest absolute Gasteiger partial charge is 0.115 e. The number of rotatable bonds is 4. The van der Waals surface area contributed by atoms with Gasteiger partial charge in [-0.2, -0.15) is 0 Å². The van der Waals surface area contributed by atoms with Crippen LogP contribution in [0.4, 0.5) is 0 Å². The maximum Gasteiger partial charge on any atom is 0.115 e. The van der Waals surface area contributed by atoms with Crippen molar-refractivity contribution in [1.29, 1.82) is 0 Å². The SMILES string of the molecule is Oc1ccc2c(c1)[C@@]13CCCC[C@H]1[C@H](C2)N(CCCN1CC[C@]24CCCC[C@H]2[C@@H]1Cc1ccc(O)cc14)CC3. The summed E-state index contributed by atoms with van der Waals surface area (Å²) in [6.45, 7) is 4.91. The van der Waals surface area contributed by atoms with E-state index in [2.05, 4.69) is 34.1 Å². The van der Waals surface area contributed by atoms with Gasteiger partial charge in [0.2, 0.25) is 0 Å². The van der Waals surface area contributed by atoms with Crippen molar-refractivity contribution in [3.05, 3.63) is 58.7 Å². The van der Waals surface area contributed by atoms with Crippen LogP contribution >= 0.6 is 0 Å². The van der Waals surface area contributed by atoms with Gasteiger partial charge in [0.25, 0.3) is 0 Å². The van der Waals surface area contributed by atoms with E-state index in [-0.39, 0.29) is 0 Å². The summed E-state index contributed by atoms with van der Waals surface area (Å²) < 4.78 is 0. The number of aromatic hydroxyl groups is 2. The van der Waals surface area contributed by atoms with E-state index in [1.807, 2.05) is 12.1 Å². The molecule has 0 spiro atoms. The highest BCUT2D eigenvalue weighted by molar-refractivity contribution is 5.46. The number of phenols is 2. The molecular formula is C35H46N2O2. The third-order valence-corrected chi connectivity index (χ3v) is 12.8. The van der Waals surface area contributed by atoms with Gasteiger partial charge in [-0.15, -0.1) is 0 Å². The topological polar surface area (TPSA) is 46.9 Å². The van der Waals surface area contributed by atoms with Gasteiger partial charge in [0.1, 0.15) is 11.5 Å². The van der Waals surface area contributed by atoms with E-state index < -0.39 is 0 Å². The molecule has 0 aromatic heterocycles. The van der Waals surface area contributed by atoms with Crippen molar-refractivity contribution in [2.24, 2.45) is 11.8 Å². The zero-order valence-corrected chi connectivity index (χ0v) is 23.6. The minimum Gasteiger partial charge on any atom is -0.508 e. The number of phenolic OH excluding ortho intramolecular Hbond substituents is 2. The van der Waals surface area contributed by atoms with Crippen molar-refractivity contribution < 1.29 is 10.2 Å². The van der Waals surface area contributed by atoms with Crippen LogP contribution in [0.2, 0.25) is 0 Å². The Morgan fingerprint density at radius 3 is 1.62 bits per heavy atom. The largest absolute Gasteiger partial charge is 0.508 e. The fraction of sp³-hybridized carbons (Fsp3) is 0.657. The van der Waals surface area contributed by atoms with E-state index in [0.29, 0.717) is 34.4 Å². The predicted molar refractivity (Wildman–Crippen MR) is 155 cm³/mol. The van der Waals surface area contributed by atoms with Crippen molar-refractivity contribution in [3.8, 4) is 11.5 Å². The molecule has 2 aromatic carbocycles. The summed E-state index contributed by atoms with van der Waals surface area (Å²) in [5.41, 5.74) is 6.64. The van der Waals surface area contributed by atoms with E-state index in [1.165, 1.54) is 132 Å². The number of hydrogen-bond acceptors (Lipinski definition) is 4. The van der Waals surface area contributed by atoms with Gasteiger partial charge < -0.3 is 10.2 Å². The van der Waals surface area contributed by atoms with Crippen LogP contribution < -0.4 is 0 Å². The standard InChI is InChI=1S/C35H46N2O2/c38-26-10-8-24-20-32-28-6-1-3-12-34(28,30(24)22-26)14-18-36(32)16-5-17-37-19-15-35-13-4-2-7-29(35)33(37)21-25-9-11-27(39)23-31(25)35/h8-11,22-23,28-29,32-33,38-39H,1-7,12-21H2/t28-,29-,32-,33-,34+,35+/m0/s1. The predicted octanol–water partition coefficient (Wildman–Crippen LogP) is 6.30. The molecule has 2 N–H and O–H groups in total. The van der Waals surface area contributed by atoms with Crippen LogP contribution in [-0.4, -0.2) is 58.3 Å². The Kier molecular flexibility index (Phi) is 5.86. The second kappa shape index (κ2) is 9.24. The first-order valence-corrected chi connectivity index (χ1v) is 16.2. The fourth-order valence-corrected chi connectivity index (χ4v) is 11.2. The van der Waals surface area contributed by atoms with Crippen molar-refractivity contribution >= 4 is 0 Å². The highest BCUT2D eigenvalue weighted by atomic mass is 16.3. The highest BCUT2D eigenvalue weighted by Gasteiger charge is 2.55. The molecule has 39 heavy (non-hydrogen) atoms.